The number of hydrogen-bond donors (Lipinski definition) is 2. The number of ether oxygens (including phenoxy) is 1. The van der Waals surface area contributed by atoms with Crippen LogP contribution >= 0.6 is 11.6 Å². The van der Waals surface area contributed by atoms with Crippen LogP contribution in [0.5, 0.6) is 0 Å². The first kappa shape index (κ1) is 16.7. The summed E-state index contributed by atoms with van der Waals surface area (Å²) in [4.78, 5) is 0. The molecule has 21 heavy (non-hydrogen) atoms. The van der Waals surface area contributed by atoms with Crippen molar-refractivity contribution in [3.63, 3.8) is 0 Å². The van der Waals surface area contributed by atoms with Crippen molar-refractivity contribution in [1.29, 1.82) is 0 Å². The zero-order chi connectivity index (χ0) is 15.2. The van der Waals surface area contributed by atoms with Crippen LogP contribution in [-0.4, -0.2) is 28.5 Å². The number of aryl methyl sites for hydroxylation is 2. The average Bonchev–Trinajstić information content (AvgIpc) is 2.83. The lowest BCUT2D eigenvalue weighted by molar-refractivity contribution is 0.00513. The van der Waals surface area contributed by atoms with E-state index < -0.39 is 0 Å². The Morgan fingerprint density at radius 3 is 2.86 bits per heavy atom. The topological polar surface area (TPSA) is 65.1 Å². The van der Waals surface area contributed by atoms with E-state index in [1.54, 1.807) is 0 Å². The second kappa shape index (κ2) is 8.13. The summed E-state index contributed by atoms with van der Waals surface area (Å²) in [5.41, 5.74) is 4.97. The highest BCUT2D eigenvalue weighted by molar-refractivity contribution is 6.31. The second-order valence-electron chi connectivity index (χ2n) is 5.67. The van der Waals surface area contributed by atoms with Gasteiger partial charge in [0.25, 0.3) is 0 Å². The van der Waals surface area contributed by atoms with Crippen LogP contribution in [0.1, 0.15) is 50.9 Å². The molecule has 2 rings (SSSR count). The summed E-state index contributed by atoms with van der Waals surface area (Å²) in [5, 5.41) is 5.36. The van der Waals surface area contributed by atoms with E-state index in [1.165, 1.54) is 12.8 Å². The lowest BCUT2D eigenvalue weighted by atomic mass is 9.99. The van der Waals surface area contributed by atoms with Gasteiger partial charge in [0.1, 0.15) is 0 Å². The van der Waals surface area contributed by atoms with Crippen molar-refractivity contribution in [2.75, 3.05) is 6.61 Å². The van der Waals surface area contributed by atoms with Gasteiger partial charge in [-0.25, -0.2) is 0 Å². The predicted molar refractivity (Wildman–Crippen MR) is 85.3 cm³/mol. The fraction of sp³-hybridized carbons (Fsp3) is 0.800. The molecule has 0 bridgehead atoms. The molecule has 0 aromatic carbocycles. The van der Waals surface area contributed by atoms with E-state index in [1.807, 2.05) is 4.68 Å². The molecule has 1 aliphatic rings. The van der Waals surface area contributed by atoms with Gasteiger partial charge in [0, 0.05) is 25.6 Å². The summed E-state index contributed by atoms with van der Waals surface area (Å²) in [6.07, 6.45) is 6.41. The molecule has 120 valence electrons. The van der Waals surface area contributed by atoms with Crippen LogP contribution in [0.15, 0.2) is 0 Å². The summed E-state index contributed by atoms with van der Waals surface area (Å²) >= 11 is 6.47. The van der Waals surface area contributed by atoms with E-state index >= 15 is 0 Å². The summed E-state index contributed by atoms with van der Waals surface area (Å²) in [5.74, 6) is 5.74. The number of rotatable bonds is 7. The van der Waals surface area contributed by atoms with Crippen molar-refractivity contribution in [1.82, 2.24) is 15.2 Å². The summed E-state index contributed by atoms with van der Waals surface area (Å²) < 4.78 is 7.80. The van der Waals surface area contributed by atoms with Crippen LogP contribution in [0.4, 0.5) is 0 Å². The van der Waals surface area contributed by atoms with Gasteiger partial charge in [-0.1, -0.05) is 18.5 Å². The number of halogens is 1. The van der Waals surface area contributed by atoms with E-state index in [0.717, 1.165) is 55.2 Å². The van der Waals surface area contributed by atoms with Gasteiger partial charge in [0.05, 0.1) is 22.5 Å². The van der Waals surface area contributed by atoms with Gasteiger partial charge in [-0.05, 0) is 39.0 Å². The number of nitrogens with one attached hydrogen (secondary N) is 1. The molecule has 2 atom stereocenters. The molecule has 6 heteroatoms. The summed E-state index contributed by atoms with van der Waals surface area (Å²) in [7, 11) is 0. The standard InChI is InChI=1S/C15H27ClN4O/c1-3-13-15(16)14(20(4-2)19-13)10-11(18-17)9-12-7-5-6-8-21-12/h11-12,18H,3-10,17H2,1-2H3. The molecule has 2 unspecified atom stereocenters. The molecule has 1 aromatic heterocycles. The molecule has 0 aliphatic carbocycles. The van der Waals surface area contributed by atoms with Crippen LogP contribution in [0.2, 0.25) is 5.02 Å². The van der Waals surface area contributed by atoms with Crippen LogP contribution in [0.3, 0.4) is 0 Å². The first-order chi connectivity index (χ1) is 10.2. The second-order valence-corrected chi connectivity index (χ2v) is 6.05. The molecule has 1 fully saturated rings. The van der Waals surface area contributed by atoms with E-state index in [9.17, 15) is 0 Å². The van der Waals surface area contributed by atoms with Crippen LogP contribution in [0, 0.1) is 0 Å². The van der Waals surface area contributed by atoms with Crippen LogP contribution in [-0.2, 0) is 24.1 Å². The largest absolute Gasteiger partial charge is 0.378 e. The summed E-state index contributed by atoms with van der Waals surface area (Å²) in [6.45, 7) is 5.86. The molecule has 2 heterocycles. The Hall–Kier alpha value is -0.620. The third-order valence-corrected chi connectivity index (χ3v) is 4.63. The first-order valence-electron chi connectivity index (χ1n) is 8.01. The van der Waals surface area contributed by atoms with E-state index in [0.29, 0.717) is 6.10 Å². The minimum absolute atomic E-state index is 0.164. The molecule has 0 spiro atoms. The maximum atomic E-state index is 6.47. The number of hydrogen-bond acceptors (Lipinski definition) is 4. The molecule has 1 saturated heterocycles. The summed E-state index contributed by atoms with van der Waals surface area (Å²) in [6, 6.07) is 0.164. The van der Waals surface area contributed by atoms with Crippen molar-refractivity contribution < 1.29 is 4.74 Å². The monoisotopic (exact) mass is 314 g/mol. The fourth-order valence-corrected chi connectivity index (χ4v) is 3.31. The number of nitrogens with two attached hydrogens (primary N) is 1. The molecule has 5 nitrogen and oxygen atoms in total. The Balaban J connectivity index is 2.05. The first-order valence-corrected chi connectivity index (χ1v) is 8.39. The molecular weight excluding hydrogens is 288 g/mol. The Morgan fingerprint density at radius 2 is 2.29 bits per heavy atom. The van der Waals surface area contributed by atoms with E-state index in [-0.39, 0.29) is 6.04 Å². The van der Waals surface area contributed by atoms with Crippen LogP contribution in [0.25, 0.3) is 0 Å². The van der Waals surface area contributed by atoms with Gasteiger partial charge < -0.3 is 4.74 Å². The Bertz CT molecular complexity index is 443. The number of hydrazine groups is 1. The quantitative estimate of drug-likeness (QED) is 0.599. The molecular formula is C15H27ClN4O. The SMILES string of the molecule is CCc1nn(CC)c(CC(CC2CCCCO2)NN)c1Cl. The number of nitrogens with zero attached hydrogens (tertiary/aromatic N) is 2. The lowest BCUT2D eigenvalue weighted by Gasteiger charge is -2.26. The Morgan fingerprint density at radius 1 is 1.48 bits per heavy atom. The van der Waals surface area contributed by atoms with Gasteiger partial charge in [0.2, 0.25) is 0 Å². The van der Waals surface area contributed by atoms with Crippen molar-refractivity contribution in [2.24, 2.45) is 5.84 Å². The lowest BCUT2D eigenvalue weighted by Crippen LogP contribution is -2.41. The Kier molecular flexibility index (Phi) is 6.48. The minimum Gasteiger partial charge on any atom is -0.378 e. The van der Waals surface area contributed by atoms with Crippen LogP contribution < -0.4 is 11.3 Å². The van der Waals surface area contributed by atoms with Crippen molar-refractivity contribution in [2.45, 2.75) is 71.1 Å². The van der Waals surface area contributed by atoms with Gasteiger partial charge in [-0.3, -0.25) is 16.0 Å². The molecule has 3 N–H and O–H groups in total. The molecule has 0 radical (unpaired) electrons. The van der Waals surface area contributed by atoms with E-state index in [2.05, 4.69) is 24.4 Å². The third-order valence-electron chi connectivity index (χ3n) is 4.19. The molecule has 0 amide bonds. The average molecular weight is 315 g/mol. The molecule has 1 aromatic rings. The van der Waals surface area contributed by atoms with Crippen molar-refractivity contribution in [3.05, 3.63) is 16.4 Å². The zero-order valence-electron chi connectivity index (χ0n) is 13.1. The van der Waals surface area contributed by atoms with Gasteiger partial charge >= 0.3 is 0 Å². The minimum atomic E-state index is 0.164. The normalized spacial score (nSPS) is 20.7. The zero-order valence-corrected chi connectivity index (χ0v) is 13.8. The Labute approximate surface area is 132 Å². The highest BCUT2D eigenvalue weighted by atomic mass is 35.5. The third kappa shape index (κ3) is 4.19. The smallest absolute Gasteiger partial charge is 0.0850 e. The predicted octanol–water partition coefficient (Wildman–Crippen LogP) is 2.45. The van der Waals surface area contributed by atoms with Gasteiger partial charge in [-0.15, -0.1) is 0 Å². The van der Waals surface area contributed by atoms with Gasteiger partial charge in [-0.2, -0.15) is 5.10 Å². The molecule has 0 saturated carbocycles. The van der Waals surface area contributed by atoms with Crippen molar-refractivity contribution in [3.8, 4) is 0 Å². The maximum absolute atomic E-state index is 6.47. The highest BCUT2D eigenvalue weighted by Crippen LogP contribution is 2.25. The maximum Gasteiger partial charge on any atom is 0.0850 e. The molecule has 1 aliphatic heterocycles. The number of aromatic nitrogens is 2. The van der Waals surface area contributed by atoms with E-state index in [4.69, 9.17) is 22.2 Å². The van der Waals surface area contributed by atoms with Crippen molar-refractivity contribution >= 4 is 11.6 Å². The van der Waals surface area contributed by atoms with Gasteiger partial charge in [0.15, 0.2) is 0 Å². The highest BCUT2D eigenvalue weighted by Gasteiger charge is 2.22. The fourth-order valence-electron chi connectivity index (χ4n) is 2.97.